The molecule has 0 amide bonds. The number of hydrogen-bond donors (Lipinski definition) is 1. The molecule has 2 fully saturated rings. The minimum Gasteiger partial charge on any atom is -0.378 e. The fourth-order valence-corrected chi connectivity index (χ4v) is 3.40. The van der Waals surface area contributed by atoms with Crippen molar-refractivity contribution in [2.24, 2.45) is 5.73 Å². The van der Waals surface area contributed by atoms with Crippen molar-refractivity contribution in [3.8, 4) is 0 Å². The molecule has 17 heavy (non-hydrogen) atoms. The summed E-state index contributed by atoms with van der Waals surface area (Å²) in [7, 11) is 1.82. The summed E-state index contributed by atoms with van der Waals surface area (Å²) in [5.74, 6) is 0. The van der Waals surface area contributed by atoms with Gasteiger partial charge in [-0.15, -0.1) is 0 Å². The summed E-state index contributed by atoms with van der Waals surface area (Å²) >= 11 is 0. The van der Waals surface area contributed by atoms with Gasteiger partial charge in [-0.2, -0.15) is 0 Å². The second kappa shape index (κ2) is 6.17. The summed E-state index contributed by atoms with van der Waals surface area (Å²) in [6, 6.07) is 0.205. The van der Waals surface area contributed by atoms with E-state index in [0.29, 0.717) is 6.10 Å². The van der Waals surface area contributed by atoms with Gasteiger partial charge in [0.15, 0.2) is 0 Å². The van der Waals surface area contributed by atoms with Gasteiger partial charge in [-0.25, -0.2) is 0 Å². The zero-order valence-corrected chi connectivity index (χ0v) is 11.1. The first-order valence-corrected chi connectivity index (χ1v) is 7.19. The van der Waals surface area contributed by atoms with Gasteiger partial charge in [0.1, 0.15) is 0 Å². The smallest absolute Gasteiger partial charge is 0.0828 e. The van der Waals surface area contributed by atoms with E-state index in [1.165, 1.54) is 38.5 Å². The summed E-state index contributed by atoms with van der Waals surface area (Å²) in [6.45, 7) is 0.957. The van der Waals surface area contributed by atoms with Crippen LogP contribution in [0.25, 0.3) is 0 Å². The van der Waals surface area contributed by atoms with Gasteiger partial charge >= 0.3 is 0 Å². The molecule has 1 aliphatic heterocycles. The summed E-state index contributed by atoms with van der Waals surface area (Å²) < 4.78 is 11.4. The molecule has 2 aliphatic rings. The summed E-state index contributed by atoms with van der Waals surface area (Å²) in [6.07, 6.45) is 11.2. The van der Waals surface area contributed by atoms with Crippen molar-refractivity contribution in [1.29, 1.82) is 0 Å². The third kappa shape index (κ3) is 3.21. The second-order valence-electron chi connectivity index (χ2n) is 5.65. The van der Waals surface area contributed by atoms with Crippen molar-refractivity contribution in [3.05, 3.63) is 0 Å². The van der Waals surface area contributed by atoms with E-state index in [4.69, 9.17) is 15.2 Å². The first-order chi connectivity index (χ1) is 8.27. The fourth-order valence-electron chi connectivity index (χ4n) is 3.40. The van der Waals surface area contributed by atoms with Crippen LogP contribution in [-0.4, -0.2) is 31.5 Å². The Hall–Kier alpha value is -0.120. The van der Waals surface area contributed by atoms with Gasteiger partial charge in [-0.3, -0.25) is 0 Å². The third-order valence-electron chi connectivity index (χ3n) is 4.60. The average Bonchev–Trinajstić information content (AvgIpc) is 3.00. The molecule has 2 unspecified atom stereocenters. The average molecular weight is 241 g/mol. The summed E-state index contributed by atoms with van der Waals surface area (Å²) in [5.41, 5.74) is 6.33. The van der Waals surface area contributed by atoms with Crippen molar-refractivity contribution in [1.82, 2.24) is 0 Å². The molecule has 0 spiro atoms. The number of methoxy groups -OCH3 is 1. The zero-order valence-electron chi connectivity index (χ0n) is 11.1. The lowest BCUT2D eigenvalue weighted by Gasteiger charge is -2.34. The van der Waals surface area contributed by atoms with Crippen LogP contribution in [0.4, 0.5) is 0 Å². The monoisotopic (exact) mass is 241 g/mol. The lowest BCUT2D eigenvalue weighted by atomic mass is 9.88. The quantitative estimate of drug-likeness (QED) is 0.777. The Morgan fingerprint density at radius 1 is 1.35 bits per heavy atom. The minimum atomic E-state index is -0.0173. The highest BCUT2D eigenvalue weighted by Gasteiger charge is 2.39. The number of ether oxygens (including phenoxy) is 2. The molecular weight excluding hydrogens is 214 g/mol. The molecule has 3 nitrogen and oxygen atoms in total. The fraction of sp³-hybridized carbons (Fsp3) is 1.00. The maximum atomic E-state index is 6.34. The van der Waals surface area contributed by atoms with E-state index >= 15 is 0 Å². The maximum Gasteiger partial charge on any atom is 0.0828 e. The van der Waals surface area contributed by atoms with Crippen molar-refractivity contribution in [2.45, 2.75) is 75.5 Å². The van der Waals surface area contributed by atoms with Crippen LogP contribution in [0.1, 0.15) is 57.8 Å². The molecule has 0 aromatic carbocycles. The van der Waals surface area contributed by atoms with Gasteiger partial charge < -0.3 is 15.2 Å². The normalized spacial score (nSPS) is 29.6. The molecule has 2 atom stereocenters. The SMILES string of the molecule is COC1(C(N)CCCC2CCCO2)CCCC1. The minimum absolute atomic E-state index is 0.0173. The van der Waals surface area contributed by atoms with E-state index in [1.807, 2.05) is 7.11 Å². The molecule has 3 heteroatoms. The van der Waals surface area contributed by atoms with E-state index in [1.54, 1.807) is 0 Å². The van der Waals surface area contributed by atoms with Crippen LogP contribution >= 0.6 is 0 Å². The topological polar surface area (TPSA) is 44.5 Å². The predicted octanol–water partition coefficient (Wildman–Crippen LogP) is 2.62. The molecule has 2 rings (SSSR count). The van der Waals surface area contributed by atoms with Crippen LogP contribution in [0, 0.1) is 0 Å². The molecule has 1 saturated heterocycles. The van der Waals surface area contributed by atoms with Gasteiger partial charge in [0.25, 0.3) is 0 Å². The first kappa shape index (κ1) is 13.3. The first-order valence-electron chi connectivity index (χ1n) is 7.19. The number of rotatable bonds is 6. The Balaban J connectivity index is 1.70. The maximum absolute atomic E-state index is 6.34. The lowest BCUT2D eigenvalue weighted by molar-refractivity contribution is -0.0286. The molecule has 2 N–H and O–H groups in total. The second-order valence-corrected chi connectivity index (χ2v) is 5.65. The van der Waals surface area contributed by atoms with Crippen molar-refractivity contribution in [3.63, 3.8) is 0 Å². The van der Waals surface area contributed by atoms with Crippen LogP contribution in [0.15, 0.2) is 0 Å². The van der Waals surface area contributed by atoms with E-state index in [-0.39, 0.29) is 11.6 Å². The lowest BCUT2D eigenvalue weighted by Crippen LogP contribution is -2.47. The molecule has 1 aliphatic carbocycles. The van der Waals surface area contributed by atoms with Crippen LogP contribution in [0.2, 0.25) is 0 Å². The van der Waals surface area contributed by atoms with Crippen LogP contribution in [0.5, 0.6) is 0 Å². The van der Waals surface area contributed by atoms with Gasteiger partial charge in [0.2, 0.25) is 0 Å². The van der Waals surface area contributed by atoms with Crippen LogP contribution < -0.4 is 5.73 Å². The highest BCUT2D eigenvalue weighted by Crippen LogP contribution is 2.36. The van der Waals surface area contributed by atoms with Gasteiger partial charge in [0, 0.05) is 19.8 Å². The van der Waals surface area contributed by atoms with Crippen molar-refractivity contribution >= 4 is 0 Å². The summed E-state index contributed by atoms with van der Waals surface area (Å²) in [4.78, 5) is 0. The van der Waals surface area contributed by atoms with Crippen LogP contribution in [-0.2, 0) is 9.47 Å². The Bertz CT molecular complexity index is 220. The van der Waals surface area contributed by atoms with Gasteiger partial charge in [0.05, 0.1) is 11.7 Å². The standard InChI is InChI=1S/C14H27NO2/c1-16-14(9-2-3-10-14)13(15)8-4-6-12-7-5-11-17-12/h12-13H,2-11,15H2,1H3. The highest BCUT2D eigenvalue weighted by molar-refractivity contribution is 4.95. The van der Waals surface area contributed by atoms with E-state index in [9.17, 15) is 0 Å². The largest absolute Gasteiger partial charge is 0.378 e. The Morgan fingerprint density at radius 2 is 2.12 bits per heavy atom. The van der Waals surface area contributed by atoms with Crippen molar-refractivity contribution < 1.29 is 9.47 Å². The Labute approximate surface area is 105 Å². The number of hydrogen-bond acceptors (Lipinski definition) is 3. The van der Waals surface area contributed by atoms with Crippen molar-refractivity contribution in [2.75, 3.05) is 13.7 Å². The van der Waals surface area contributed by atoms with E-state index in [2.05, 4.69) is 0 Å². The van der Waals surface area contributed by atoms with Gasteiger partial charge in [-0.05, 0) is 44.9 Å². The van der Waals surface area contributed by atoms with E-state index in [0.717, 1.165) is 25.9 Å². The third-order valence-corrected chi connectivity index (χ3v) is 4.60. The molecule has 1 saturated carbocycles. The molecule has 100 valence electrons. The molecule has 0 radical (unpaired) electrons. The predicted molar refractivity (Wildman–Crippen MR) is 69.0 cm³/mol. The molecular formula is C14H27NO2. The van der Waals surface area contributed by atoms with E-state index < -0.39 is 0 Å². The summed E-state index contributed by atoms with van der Waals surface area (Å²) in [5, 5.41) is 0. The molecule has 0 aromatic heterocycles. The van der Waals surface area contributed by atoms with Crippen LogP contribution in [0.3, 0.4) is 0 Å². The Morgan fingerprint density at radius 3 is 2.71 bits per heavy atom. The highest BCUT2D eigenvalue weighted by atomic mass is 16.5. The molecule has 0 aromatic rings. The zero-order chi connectivity index (χ0) is 12.1. The number of nitrogens with two attached hydrogens (primary N) is 1. The van der Waals surface area contributed by atoms with Gasteiger partial charge in [-0.1, -0.05) is 12.8 Å². The molecule has 1 heterocycles. The molecule has 0 bridgehead atoms. The Kier molecular flexibility index (Phi) is 4.83.